The number of anilines is 3. The van der Waals surface area contributed by atoms with Gasteiger partial charge in [-0.3, -0.25) is 4.79 Å². The summed E-state index contributed by atoms with van der Waals surface area (Å²) in [5, 5.41) is 6.69. The number of ether oxygens (including phenoxy) is 3. The lowest BCUT2D eigenvalue weighted by Gasteiger charge is -2.12. The van der Waals surface area contributed by atoms with Crippen LogP contribution >= 0.6 is 80.9 Å². The second-order valence-electron chi connectivity index (χ2n) is 14.9. The number of nitrogens with zero attached hydrogens (tertiary/aromatic N) is 6. The maximum atomic E-state index is 12.4. The molecule has 10 rings (SSSR count). The molecule has 336 valence electrons. The van der Waals surface area contributed by atoms with E-state index in [2.05, 4.69) is 35.2 Å². The van der Waals surface area contributed by atoms with Crippen molar-refractivity contribution in [3.63, 3.8) is 0 Å². The zero-order valence-electron chi connectivity index (χ0n) is 34.8. The number of aromatic nitrogens is 6. The van der Waals surface area contributed by atoms with Crippen LogP contribution in [0.4, 0.5) is 17.8 Å². The largest absolute Gasteiger partial charge is 0.491 e. The van der Waals surface area contributed by atoms with Gasteiger partial charge < -0.3 is 36.7 Å². The molecule has 0 aliphatic carbocycles. The van der Waals surface area contributed by atoms with Crippen molar-refractivity contribution < 1.29 is 19.0 Å². The third kappa shape index (κ3) is 9.59. The number of amides is 1. The maximum Gasteiger partial charge on any atom is 0.261 e. The molecule has 0 atom stereocenters. The number of halogens is 6. The number of fused-ring (bicyclic) bond motifs is 4. The molecule has 7 aromatic rings. The molecule has 0 radical (unpaired) electrons. The van der Waals surface area contributed by atoms with Crippen molar-refractivity contribution in [1.29, 1.82) is 0 Å². The Bertz CT molecular complexity index is 2890. The van der Waals surface area contributed by atoms with Gasteiger partial charge in [0.25, 0.3) is 5.91 Å². The molecule has 21 heteroatoms. The number of aryl methyl sites for hydroxylation is 2. The lowest BCUT2D eigenvalue weighted by Crippen LogP contribution is -2.22. The van der Waals surface area contributed by atoms with Gasteiger partial charge in [-0.25, -0.2) is 29.9 Å². The standard InChI is InChI=1S/C18H16Cl2N4O2S.2C13H11Cl2N3O/c1-2-4-22-16(25)12-6-9-14(23-18(21)24-17(9)27-12)13-8-3-5-26-15(8)11(20)7-10(13)19;2*1-6-4-10(18-13(16)17-6)11-7-2-3-19-12(7)9(15)5-8(11)14/h6-7H,2-5H2,1H3,(H,22,25)(H2,21,23,24);2*4-5H,2-3H2,1H3,(H2,16,17,18). The maximum absolute atomic E-state index is 12.4. The minimum absolute atomic E-state index is 0.124. The smallest absolute Gasteiger partial charge is 0.261 e. The zero-order valence-corrected chi connectivity index (χ0v) is 40.2. The first-order chi connectivity index (χ1) is 31.1. The van der Waals surface area contributed by atoms with E-state index in [4.69, 9.17) is 101 Å². The number of hydrogen-bond donors (Lipinski definition) is 4. The summed E-state index contributed by atoms with van der Waals surface area (Å²) >= 11 is 38.9. The topological polar surface area (TPSA) is 212 Å². The fraction of sp³-hybridized carbons (Fsp3) is 0.250. The van der Waals surface area contributed by atoms with Crippen LogP contribution in [0, 0.1) is 13.8 Å². The molecule has 7 N–H and O–H groups in total. The number of carbonyl (C=O) groups is 1. The molecule has 0 saturated heterocycles. The van der Waals surface area contributed by atoms with Crippen LogP contribution < -0.4 is 36.7 Å². The second-order valence-corrected chi connectivity index (χ2v) is 18.4. The Morgan fingerprint density at radius 1 is 0.600 bits per heavy atom. The molecular formula is C44H38Cl6N10O4S. The van der Waals surface area contributed by atoms with E-state index in [1.165, 1.54) is 11.3 Å². The van der Waals surface area contributed by atoms with Crippen LogP contribution in [0.2, 0.25) is 30.1 Å². The summed E-state index contributed by atoms with van der Waals surface area (Å²) in [5.74, 6) is 2.45. The third-order valence-electron chi connectivity index (χ3n) is 10.3. The summed E-state index contributed by atoms with van der Waals surface area (Å²) in [5.41, 5.74) is 26.2. The molecular weight excluding hydrogens is 977 g/mol. The van der Waals surface area contributed by atoms with Crippen LogP contribution in [0.5, 0.6) is 17.2 Å². The molecule has 0 unspecified atom stereocenters. The van der Waals surface area contributed by atoms with Crippen LogP contribution in [0.25, 0.3) is 44.0 Å². The van der Waals surface area contributed by atoms with E-state index < -0.39 is 0 Å². The molecule has 1 amide bonds. The van der Waals surface area contributed by atoms with Crippen molar-refractivity contribution in [2.45, 2.75) is 46.5 Å². The van der Waals surface area contributed by atoms with E-state index in [1.54, 1.807) is 24.3 Å². The first kappa shape index (κ1) is 46.4. The Labute approximate surface area is 407 Å². The highest BCUT2D eigenvalue weighted by molar-refractivity contribution is 7.20. The lowest BCUT2D eigenvalue weighted by atomic mass is 10.00. The van der Waals surface area contributed by atoms with Crippen LogP contribution in [0.15, 0.2) is 36.4 Å². The molecule has 3 aliphatic heterocycles. The molecule has 3 aliphatic rings. The van der Waals surface area contributed by atoms with E-state index in [0.717, 1.165) is 69.4 Å². The number of hydrogen-bond acceptors (Lipinski definition) is 14. The van der Waals surface area contributed by atoms with E-state index in [1.807, 2.05) is 32.9 Å². The molecule has 3 aromatic carbocycles. The van der Waals surface area contributed by atoms with Crippen molar-refractivity contribution in [2.75, 3.05) is 43.6 Å². The number of nitrogen functional groups attached to an aromatic ring is 3. The van der Waals surface area contributed by atoms with Gasteiger partial charge in [0.15, 0.2) is 0 Å². The quantitative estimate of drug-likeness (QED) is 0.122. The van der Waals surface area contributed by atoms with E-state index in [0.29, 0.717) is 107 Å². The molecule has 14 nitrogen and oxygen atoms in total. The minimum Gasteiger partial charge on any atom is -0.491 e. The number of nitrogens with two attached hydrogens (primary N) is 3. The number of nitrogens with one attached hydrogen (secondary N) is 1. The Balaban J connectivity index is 0.000000136. The number of thiophene rings is 1. The van der Waals surface area contributed by atoms with Gasteiger partial charge in [-0.15, -0.1) is 11.3 Å². The molecule has 0 spiro atoms. The molecule has 7 heterocycles. The van der Waals surface area contributed by atoms with Gasteiger partial charge in [0, 0.05) is 76.0 Å². The predicted octanol–water partition coefficient (Wildman–Crippen LogP) is 10.9. The van der Waals surface area contributed by atoms with Gasteiger partial charge in [-0.05, 0) is 56.7 Å². The SMILES string of the molecule is CCCNC(=O)c1cc2c(-c3c(Cl)cc(Cl)c4c3CCO4)nc(N)nc2s1.Cc1cc(-c2c(Cl)cc(Cl)c3c2CCO3)nc(N)n1.Cc1cc(-c2c(Cl)cc(Cl)c3c2CCO3)nc(N)n1. The third-order valence-corrected chi connectivity index (χ3v) is 13.1. The monoisotopic (exact) mass is 1010 g/mol. The summed E-state index contributed by atoms with van der Waals surface area (Å²) in [6.07, 6.45) is 3.05. The van der Waals surface area contributed by atoms with Crippen LogP contribution in [0.3, 0.4) is 0 Å². The van der Waals surface area contributed by atoms with Crippen molar-refractivity contribution in [2.24, 2.45) is 0 Å². The predicted molar refractivity (Wildman–Crippen MR) is 261 cm³/mol. The number of rotatable bonds is 6. The fourth-order valence-electron chi connectivity index (χ4n) is 7.72. The summed E-state index contributed by atoms with van der Waals surface area (Å²) in [6.45, 7) is 8.07. The first-order valence-electron chi connectivity index (χ1n) is 20.1. The molecule has 0 fully saturated rings. The van der Waals surface area contributed by atoms with Crippen molar-refractivity contribution in [3.8, 4) is 51.0 Å². The van der Waals surface area contributed by atoms with Crippen LogP contribution in [0.1, 0.15) is 51.1 Å². The summed E-state index contributed by atoms with van der Waals surface area (Å²) in [4.78, 5) is 38.9. The summed E-state index contributed by atoms with van der Waals surface area (Å²) in [7, 11) is 0. The van der Waals surface area contributed by atoms with E-state index in [-0.39, 0.29) is 23.8 Å². The number of benzene rings is 3. The van der Waals surface area contributed by atoms with Gasteiger partial charge in [0.1, 0.15) is 22.1 Å². The van der Waals surface area contributed by atoms with Crippen LogP contribution in [-0.4, -0.2) is 62.2 Å². The van der Waals surface area contributed by atoms with E-state index >= 15 is 0 Å². The van der Waals surface area contributed by atoms with Gasteiger partial charge in [0.05, 0.1) is 71.9 Å². The van der Waals surface area contributed by atoms with Gasteiger partial charge >= 0.3 is 0 Å². The number of carbonyl (C=O) groups excluding carboxylic acids is 1. The highest BCUT2D eigenvalue weighted by Crippen LogP contribution is 2.48. The molecule has 4 aromatic heterocycles. The second kappa shape index (κ2) is 19.4. The highest BCUT2D eigenvalue weighted by atomic mass is 35.5. The minimum atomic E-state index is -0.139. The lowest BCUT2D eigenvalue weighted by molar-refractivity contribution is 0.0957. The first-order valence-corrected chi connectivity index (χ1v) is 23.2. The van der Waals surface area contributed by atoms with Crippen LogP contribution in [-0.2, 0) is 19.3 Å². The van der Waals surface area contributed by atoms with Gasteiger partial charge in [0.2, 0.25) is 17.8 Å². The summed E-state index contributed by atoms with van der Waals surface area (Å²) in [6, 6.07) is 10.5. The summed E-state index contributed by atoms with van der Waals surface area (Å²) < 4.78 is 16.7. The molecule has 0 saturated carbocycles. The average molecular weight is 1020 g/mol. The molecule has 65 heavy (non-hydrogen) atoms. The van der Waals surface area contributed by atoms with Gasteiger partial charge in [-0.2, -0.15) is 0 Å². The normalized spacial score (nSPS) is 13.1. The van der Waals surface area contributed by atoms with Crippen molar-refractivity contribution in [3.05, 3.63) is 99.5 Å². The average Bonchev–Trinajstić information content (AvgIpc) is 4.07. The Kier molecular flexibility index (Phi) is 13.8. The fourth-order valence-corrected chi connectivity index (χ4v) is 10.6. The Morgan fingerprint density at radius 2 is 1.03 bits per heavy atom. The van der Waals surface area contributed by atoms with Crippen molar-refractivity contribution in [1.82, 2.24) is 35.2 Å². The highest BCUT2D eigenvalue weighted by Gasteiger charge is 2.28. The van der Waals surface area contributed by atoms with E-state index in [9.17, 15) is 4.79 Å². The molecule has 0 bridgehead atoms. The Hall–Kier alpha value is -5.13. The zero-order chi connectivity index (χ0) is 46.3. The van der Waals surface area contributed by atoms with Crippen molar-refractivity contribution >= 4 is 115 Å². The Morgan fingerprint density at radius 3 is 1.48 bits per heavy atom. The van der Waals surface area contributed by atoms with Gasteiger partial charge in [-0.1, -0.05) is 76.5 Å².